The van der Waals surface area contributed by atoms with Gasteiger partial charge < -0.3 is 36.2 Å². The number of aliphatic hydroxyl groups is 1. The van der Waals surface area contributed by atoms with Crippen LogP contribution in [0.5, 0.6) is 11.5 Å². The highest BCUT2D eigenvalue weighted by Crippen LogP contribution is 2.38. The van der Waals surface area contributed by atoms with Gasteiger partial charge in [-0.05, 0) is 74.5 Å². The number of carbonyl (C=O) groups excluding carboxylic acids is 2. The van der Waals surface area contributed by atoms with E-state index in [0.29, 0.717) is 75.5 Å². The Kier molecular flexibility index (Phi) is 13.5. The van der Waals surface area contributed by atoms with E-state index in [1.54, 1.807) is 18.2 Å². The number of phenolic OH excluding ortho intramolecular Hbond substituents is 1. The summed E-state index contributed by atoms with van der Waals surface area (Å²) < 4.78 is 33.8. The molecule has 0 bridgehead atoms. The van der Waals surface area contributed by atoms with Gasteiger partial charge >= 0.3 is 6.03 Å². The smallest absolute Gasteiger partial charge is 0.319 e. The molecule has 2 aromatic carbocycles. The molecule has 1 saturated heterocycles. The number of hydrogen-bond acceptors (Lipinski definition) is 8. The number of piperidine rings is 1. The molecule has 0 unspecified atom stereocenters. The van der Waals surface area contributed by atoms with E-state index in [1.165, 1.54) is 48.2 Å². The van der Waals surface area contributed by atoms with E-state index in [9.17, 15) is 28.2 Å². The third-order valence-electron chi connectivity index (χ3n) is 8.50. The third-order valence-corrected chi connectivity index (χ3v) is 10.4. The lowest BCUT2D eigenvalue weighted by molar-refractivity contribution is -0.116. The lowest BCUT2D eigenvalue weighted by Gasteiger charge is -2.31. The number of anilines is 2. The molecule has 6 N–H and O–H groups in total. The van der Waals surface area contributed by atoms with Gasteiger partial charge in [0.15, 0.2) is 0 Å². The molecule has 4 rings (SSSR count). The monoisotopic (exact) mass is 659 g/mol. The maximum Gasteiger partial charge on any atom is 0.319 e. The molecular weight excluding hydrogens is 610 g/mol. The van der Waals surface area contributed by atoms with E-state index in [1.807, 2.05) is 0 Å². The Morgan fingerprint density at radius 1 is 1.04 bits per heavy atom. The molecule has 2 aliphatic heterocycles. The summed E-state index contributed by atoms with van der Waals surface area (Å²) in [5.41, 5.74) is 1.62. The summed E-state index contributed by atoms with van der Waals surface area (Å²) in [4.78, 5) is 24.1. The summed E-state index contributed by atoms with van der Waals surface area (Å²) in [5.74, 6) is 0.626. The van der Waals surface area contributed by atoms with Gasteiger partial charge in [0.1, 0.15) is 24.2 Å². The molecule has 0 radical (unpaired) electrons. The summed E-state index contributed by atoms with van der Waals surface area (Å²) in [6.45, 7) is 4.61. The zero-order valence-electron chi connectivity index (χ0n) is 26.7. The number of carbonyl (C=O) groups is 2. The lowest BCUT2D eigenvalue weighted by Crippen LogP contribution is -2.42. The normalized spacial score (nSPS) is 16.3. The molecule has 2 aromatic rings. The number of aromatic hydroxyl groups is 1. The van der Waals surface area contributed by atoms with Crippen molar-refractivity contribution < 1.29 is 33.0 Å². The minimum atomic E-state index is -3.65. The second-order valence-electron chi connectivity index (χ2n) is 12.1. The Bertz CT molecular complexity index is 1400. The van der Waals surface area contributed by atoms with Crippen LogP contribution in [0.4, 0.5) is 16.2 Å². The van der Waals surface area contributed by atoms with Crippen molar-refractivity contribution in [2.24, 2.45) is 5.92 Å². The van der Waals surface area contributed by atoms with Crippen LogP contribution in [0.25, 0.3) is 0 Å². The molecule has 1 atom stereocenters. The van der Waals surface area contributed by atoms with Crippen molar-refractivity contribution in [1.82, 2.24) is 14.9 Å². The molecule has 0 saturated carbocycles. The maximum absolute atomic E-state index is 13.2. The van der Waals surface area contributed by atoms with Crippen LogP contribution in [0.2, 0.25) is 0 Å². The fraction of sp³-hybridized carbons (Fsp3) is 0.576. The van der Waals surface area contributed by atoms with Crippen LogP contribution in [0.3, 0.4) is 0 Å². The fourth-order valence-electron chi connectivity index (χ4n) is 5.77. The highest BCUT2D eigenvalue weighted by atomic mass is 32.2. The van der Waals surface area contributed by atoms with E-state index in [0.717, 1.165) is 18.4 Å². The number of amides is 3. The van der Waals surface area contributed by atoms with Crippen LogP contribution in [0.1, 0.15) is 70.3 Å². The van der Waals surface area contributed by atoms with Crippen molar-refractivity contribution in [3.63, 3.8) is 0 Å². The second-order valence-corrected chi connectivity index (χ2v) is 14.1. The van der Waals surface area contributed by atoms with Gasteiger partial charge in [-0.15, -0.1) is 0 Å². The number of ether oxygens (including phenoxy) is 1. The number of benzene rings is 2. The van der Waals surface area contributed by atoms with Crippen molar-refractivity contribution in [3.8, 4) is 11.5 Å². The molecule has 1 fully saturated rings. The molecule has 0 aliphatic carbocycles. The van der Waals surface area contributed by atoms with Crippen LogP contribution in [0, 0.1) is 5.92 Å². The Morgan fingerprint density at radius 2 is 1.76 bits per heavy atom. The van der Waals surface area contributed by atoms with E-state index in [-0.39, 0.29) is 35.1 Å². The van der Waals surface area contributed by atoms with Crippen LogP contribution in [0.15, 0.2) is 41.3 Å². The highest BCUT2D eigenvalue weighted by molar-refractivity contribution is 7.89. The third kappa shape index (κ3) is 10.3. The SMILES string of the molecule is CCCCCCCCNC(=O)Nc1ccc(S(=O)(=O)N2CCC(CNC[C@H](O)COc3ccc(O)c4c3CCC(=O)N4)CC2)cc1. The van der Waals surface area contributed by atoms with E-state index in [4.69, 9.17) is 4.74 Å². The van der Waals surface area contributed by atoms with Crippen molar-refractivity contribution in [2.45, 2.75) is 82.1 Å². The molecule has 0 aromatic heterocycles. The first-order valence-corrected chi connectivity index (χ1v) is 17.9. The zero-order chi connectivity index (χ0) is 32.9. The Labute approximate surface area is 272 Å². The summed E-state index contributed by atoms with van der Waals surface area (Å²) in [6.07, 6.45) is 8.27. The number of nitrogens with one attached hydrogen (secondary N) is 4. The summed E-state index contributed by atoms with van der Waals surface area (Å²) >= 11 is 0. The molecule has 254 valence electrons. The minimum Gasteiger partial charge on any atom is -0.506 e. The van der Waals surface area contributed by atoms with Gasteiger partial charge in [-0.1, -0.05) is 39.0 Å². The average molecular weight is 660 g/mol. The number of fused-ring (bicyclic) bond motifs is 1. The fourth-order valence-corrected chi connectivity index (χ4v) is 7.24. The Morgan fingerprint density at radius 3 is 2.50 bits per heavy atom. The summed E-state index contributed by atoms with van der Waals surface area (Å²) in [5, 5.41) is 32.0. The topological polar surface area (TPSA) is 169 Å². The Hall–Kier alpha value is -3.39. The largest absolute Gasteiger partial charge is 0.506 e. The van der Waals surface area contributed by atoms with Crippen LogP contribution >= 0.6 is 0 Å². The van der Waals surface area contributed by atoms with Crippen molar-refractivity contribution >= 4 is 33.3 Å². The number of nitrogens with zero attached hydrogens (tertiary/aromatic N) is 1. The predicted octanol–water partition coefficient (Wildman–Crippen LogP) is 4.19. The number of aliphatic hydroxyl groups excluding tert-OH is 1. The second kappa shape index (κ2) is 17.5. The molecule has 46 heavy (non-hydrogen) atoms. The molecule has 12 nitrogen and oxygen atoms in total. The summed E-state index contributed by atoms with van der Waals surface area (Å²) in [7, 11) is -3.65. The highest BCUT2D eigenvalue weighted by Gasteiger charge is 2.29. The molecule has 2 aliphatic rings. The number of rotatable bonds is 17. The Balaban J connectivity index is 1.13. The van der Waals surface area contributed by atoms with Gasteiger partial charge in [0.25, 0.3) is 0 Å². The maximum atomic E-state index is 13.2. The number of unbranched alkanes of at least 4 members (excludes halogenated alkanes) is 5. The van der Waals surface area contributed by atoms with Crippen molar-refractivity contribution in [2.75, 3.05) is 50.0 Å². The minimum absolute atomic E-state index is 0.0123. The molecule has 13 heteroatoms. The quantitative estimate of drug-likeness (QED) is 0.109. The molecule has 2 heterocycles. The van der Waals surface area contributed by atoms with Crippen molar-refractivity contribution in [1.29, 1.82) is 0 Å². The van der Waals surface area contributed by atoms with Gasteiger partial charge in [-0.2, -0.15) is 4.31 Å². The van der Waals surface area contributed by atoms with Crippen molar-refractivity contribution in [3.05, 3.63) is 42.0 Å². The van der Waals surface area contributed by atoms with Gasteiger partial charge in [-0.25, -0.2) is 13.2 Å². The number of urea groups is 1. The van der Waals surface area contributed by atoms with E-state index < -0.39 is 16.1 Å². The number of sulfonamides is 1. The van der Waals surface area contributed by atoms with E-state index in [2.05, 4.69) is 28.2 Å². The molecular formula is C33H49N5O7S. The molecule has 0 spiro atoms. The first-order chi connectivity index (χ1) is 22.2. The van der Waals surface area contributed by atoms with Gasteiger partial charge in [-0.3, -0.25) is 4.79 Å². The van der Waals surface area contributed by atoms with Gasteiger partial charge in [0.05, 0.1) is 10.6 Å². The predicted molar refractivity (Wildman–Crippen MR) is 178 cm³/mol. The lowest BCUT2D eigenvalue weighted by atomic mass is 9.98. The van der Waals surface area contributed by atoms with Crippen LogP contribution in [-0.4, -0.2) is 80.3 Å². The molecule has 3 amide bonds. The van der Waals surface area contributed by atoms with Gasteiger partial charge in [0.2, 0.25) is 15.9 Å². The van der Waals surface area contributed by atoms with Crippen LogP contribution in [-0.2, 0) is 21.2 Å². The summed E-state index contributed by atoms with van der Waals surface area (Å²) in [6, 6.07) is 9.07. The number of phenols is 1. The average Bonchev–Trinajstić information content (AvgIpc) is 3.05. The van der Waals surface area contributed by atoms with Gasteiger partial charge in [0, 0.05) is 43.9 Å². The first-order valence-electron chi connectivity index (χ1n) is 16.5. The van der Waals surface area contributed by atoms with E-state index >= 15 is 0 Å². The standard InChI is InChI=1S/C33H49N5O7S/c1-2-3-4-5-6-7-18-35-33(42)36-25-8-10-27(11-9-25)46(43,44)38-19-16-24(17-20-38)21-34-22-26(39)23-45-30-14-13-29(40)32-28(30)12-15-31(41)37-32/h8-11,13-14,24,26,34,39-40H,2-7,12,15-23H2,1H3,(H,37,41)(H2,35,36,42)/t26-/m0/s1. The zero-order valence-corrected chi connectivity index (χ0v) is 27.5. The van der Waals surface area contributed by atoms with Crippen LogP contribution < -0.4 is 26.0 Å². The first kappa shape index (κ1) is 35.5. The number of hydrogen-bond donors (Lipinski definition) is 6.